The molecule has 24 heavy (non-hydrogen) atoms. The highest BCUT2D eigenvalue weighted by Gasteiger charge is 2.30. The summed E-state index contributed by atoms with van der Waals surface area (Å²) in [5, 5.41) is 4.19. The smallest absolute Gasteiger partial charge is 0.242 e. The van der Waals surface area contributed by atoms with Gasteiger partial charge in [0.2, 0.25) is 5.91 Å². The van der Waals surface area contributed by atoms with Gasteiger partial charge in [0, 0.05) is 35.4 Å². The normalized spacial score (nSPS) is 21.1. The van der Waals surface area contributed by atoms with Crippen LogP contribution >= 0.6 is 0 Å². The number of amides is 1. The summed E-state index contributed by atoms with van der Waals surface area (Å²) in [6.45, 7) is 9.76. The Morgan fingerprint density at radius 3 is 2.71 bits per heavy atom. The molecule has 0 saturated carbocycles. The molecule has 1 aliphatic heterocycles. The highest BCUT2D eigenvalue weighted by Crippen LogP contribution is 2.22. The monoisotopic (exact) mass is 328 g/mol. The van der Waals surface area contributed by atoms with Gasteiger partial charge in [-0.05, 0) is 42.5 Å². The summed E-state index contributed by atoms with van der Waals surface area (Å²) >= 11 is 0. The van der Waals surface area contributed by atoms with Crippen molar-refractivity contribution < 1.29 is 4.79 Å². The second-order valence-corrected chi connectivity index (χ2v) is 7.55. The molecule has 0 spiro atoms. The quantitative estimate of drug-likeness (QED) is 0.790. The van der Waals surface area contributed by atoms with Gasteiger partial charge in [0.25, 0.3) is 0 Å². The zero-order valence-corrected chi connectivity index (χ0v) is 15.0. The van der Waals surface area contributed by atoms with Crippen LogP contribution in [0.4, 0.5) is 5.69 Å². The fourth-order valence-corrected chi connectivity index (χ4v) is 3.25. The summed E-state index contributed by atoms with van der Waals surface area (Å²) in [5.74, 6) is 1.13. The number of anilines is 1. The van der Waals surface area contributed by atoms with Crippen LogP contribution in [0.1, 0.15) is 34.1 Å². The molecule has 130 valence electrons. The first kappa shape index (κ1) is 17.0. The molecular formula is C19H28N4O. The summed E-state index contributed by atoms with van der Waals surface area (Å²) in [5.41, 5.74) is 8.38. The van der Waals surface area contributed by atoms with Crippen molar-refractivity contribution in [3.8, 4) is 0 Å². The van der Waals surface area contributed by atoms with Crippen molar-refractivity contribution >= 4 is 22.5 Å². The first-order valence-corrected chi connectivity index (χ1v) is 8.85. The Morgan fingerprint density at radius 2 is 2.04 bits per heavy atom. The van der Waals surface area contributed by atoms with Crippen LogP contribution in [0.25, 0.3) is 10.9 Å². The Balaban J connectivity index is 1.68. The predicted molar refractivity (Wildman–Crippen MR) is 98.7 cm³/mol. The number of hydrazine groups is 1. The van der Waals surface area contributed by atoms with Crippen LogP contribution in [0.5, 0.6) is 0 Å². The number of hydrogen-bond acceptors (Lipinski definition) is 3. The van der Waals surface area contributed by atoms with Crippen LogP contribution in [-0.4, -0.2) is 22.6 Å². The maximum atomic E-state index is 12.5. The third-order valence-electron chi connectivity index (χ3n) is 4.65. The van der Waals surface area contributed by atoms with Crippen molar-refractivity contribution in [3.63, 3.8) is 0 Å². The first-order valence-electron chi connectivity index (χ1n) is 8.85. The lowest BCUT2D eigenvalue weighted by Crippen LogP contribution is -2.40. The fourth-order valence-electron chi connectivity index (χ4n) is 3.25. The van der Waals surface area contributed by atoms with Crippen molar-refractivity contribution in [1.82, 2.24) is 15.4 Å². The van der Waals surface area contributed by atoms with Gasteiger partial charge < -0.3 is 9.88 Å². The molecule has 0 bridgehead atoms. The molecule has 0 radical (unpaired) electrons. The molecule has 1 saturated heterocycles. The highest BCUT2D eigenvalue weighted by molar-refractivity contribution is 5.97. The lowest BCUT2D eigenvalue weighted by atomic mass is 9.99. The second kappa shape index (κ2) is 6.95. The van der Waals surface area contributed by atoms with Gasteiger partial charge >= 0.3 is 0 Å². The number of hydrogen-bond donors (Lipinski definition) is 3. The fraction of sp³-hybridized carbons (Fsp3) is 0.526. The van der Waals surface area contributed by atoms with Gasteiger partial charge in [-0.15, -0.1) is 0 Å². The van der Waals surface area contributed by atoms with Crippen molar-refractivity contribution in [1.29, 1.82) is 0 Å². The molecule has 3 rings (SSSR count). The first-order chi connectivity index (χ1) is 11.4. The van der Waals surface area contributed by atoms with E-state index < -0.39 is 0 Å². The van der Waals surface area contributed by atoms with Gasteiger partial charge in [0.1, 0.15) is 6.04 Å². The minimum Gasteiger partial charge on any atom is -0.347 e. The molecule has 0 aliphatic carbocycles. The maximum absolute atomic E-state index is 12.5. The van der Waals surface area contributed by atoms with Crippen LogP contribution in [0.15, 0.2) is 30.5 Å². The molecule has 2 atom stereocenters. The predicted octanol–water partition coefficient (Wildman–Crippen LogP) is 3.13. The summed E-state index contributed by atoms with van der Waals surface area (Å²) in [7, 11) is 0. The minimum absolute atomic E-state index is 0.0200. The summed E-state index contributed by atoms with van der Waals surface area (Å²) in [6, 6.07) is 8.39. The average molecular weight is 328 g/mol. The van der Waals surface area contributed by atoms with Crippen LogP contribution in [0, 0.1) is 11.8 Å². The Labute approximate surface area is 143 Å². The van der Waals surface area contributed by atoms with Gasteiger partial charge in [0.05, 0.1) is 0 Å². The van der Waals surface area contributed by atoms with E-state index in [1.807, 2.05) is 12.1 Å². The molecule has 2 heterocycles. The molecule has 1 aliphatic rings. The second-order valence-electron chi connectivity index (χ2n) is 7.55. The van der Waals surface area contributed by atoms with E-state index in [0.29, 0.717) is 17.9 Å². The Morgan fingerprint density at radius 1 is 1.25 bits per heavy atom. The number of rotatable bonds is 5. The third kappa shape index (κ3) is 3.62. The van der Waals surface area contributed by atoms with Crippen molar-refractivity contribution in [2.45, 2.75) is 52.7 Å². The molecule has 3 N–H and O–H groups in total. The largest absolute Gasteiger partial charge is 0.347 e. The Hall–Kier alpha value is -1.85. The van der Waals surface area contributed by atoms with Gasteiger partial charge in [-0.3, -0.25) is 10.2 Å². The molecule has 2 unspecified atom stereocenters. The van der Waals surface area contributed by atoms with E-state index in [1.54, 1.807) is 0 Å². The third-order valence-corrected chi connectivity index (χ3v) is 4.65. The van der Waals surface area contributed by atoms with Gasteiger partial charge in [0.15, 0.2) is 0 Å². The summed E-state index contributed by atoms with van der Waals surface area (Å²) in [4.78, 5) is 12.5. The zero-order valence-electron chi connectivity index (χ0n) is 15.0. The molecule has 5 heteroatoms. The van der Waals surface area contributed by atoms with Crippen LogP contribution in [0.2, 0.25) is 0 Å². The van der Waals surface area contributed by atoms with E-state index in [9.17, 15) is 4.79 Å². The van der Waals surface area contributed by atoms with Crippen molar-refractivity contribution in [2.24, 2.45) is 11.8 Å². The number of fused-ring (bicyclic) bond motifs is 1. The molecule has 1 fully saturated rings. The van der Waals surface area contributed by atoms with Crippen molar-refractivity contribution in [3.05, 3.63) is 30.5 Å². The van der Waals surface area contributed by atoms with Crippen LogP contribution in [0.3, 0.4) is 0 Å². The highest BCUT2D eigenvalue weighted by atomic mass is 16.2. The van der Waals surface area contributed by atoms with E-state index in [1.165, 1.54) is 5.52 Å². The number of nitrogens with one attached hydrogen (secondary N) is 3. The van der Waals surface area contributed by atoms with Crippen LogP contribution in [-0.2, 0) is 11.3 Å². The Kier molecular flexibility index (Phi) is 4.92. The van der Waals surface area contributed by atoms with E-state index >= 15 is 0 Å². The van der Waals surface area contributed by atoms with Crippen LogP contribution < -0.4 is 16.2 Å². The SMILES string of the molecule is CC(C)Cn1ccc2cc(NC(=O)C3CC(C(C)C)NN3)ccc21. The van der Waals surface area contributed by atoms with E-state index in [0.717, 1.165) is 24.0 Å². The van der Waals surface area contributed by atoms with Crippen molar-refractivity contribution in [2.75, 3.05) is 5.32 Å². The maximum Gasteiger partial charge on any atom is 0.242 e. The number of carbonyl (C=O) groups is 1. The number of aromatic nitrogens is 1. The van der Waals surface area contributed by atoms with E-state index in [-0.39, 0.29) is 11.9 Å². The average Bonchev–Trinajstić information content (AvgIpc) is 3.14. The molecule has 1 aromatic carbocycles. The molecule has 1 amide bonds. The van der Waals surface area contributed by atoms with E-state index in [4.69, 9.17) is 0 Å². The number of carbonyl (C=O) groups excluding carboxylic acids is 1. The molecule has 5 nitrogen and oxygen atoms in total. The minimum atomic E-state index is -0.182. The Bertz CT molecular complexity index is 719. The summed E-state index contributed by atoms with van der Waals surface area (Å²) < 4.78 is 2.27. The lowest BCUT2D eigenvalue weighted by Gasteiger charge is -2.13. The summed E-state index contributed by atoms with van der Waals surface area (Å²) in [6.07, 6.45) is 2.93. The topological polar surface area (TPSA) is 58.1 Å². The van der Waals surface area contributed by atoms with Gasteiger partial charge in [-0.25, -0.2) is 5.43 Å². The number of nitrogens with zero attached hydrogens (tertiary/aromatic N) is 1. The molecule has 2 aromatic rings. The zero-order chi connectivity index (χ0) is 17.3. The standard InChI is InChI=1S/C19H28N4O/c1-12(2)11-23-8-7-14-9-15(5-6-18(14)23)20-19(24)17-10-16(13(3)4)21-22-17/h5-9,12-13,16-17,21-22H,10-11H2,1-4H3,(H,20,24). The van der Waals surface area contributed by atoms with Gasteiger partial charge in [-0.1, -0.05) is 27.7 Å². The van der Waals surface area contributed by atoms with E-state index in [2.05, 4.69) is 66.8 Å². The van der Waals surface area contributed by atoms with Gasteiger partial charge in [-0.2, -0.15) is 0 Å². The number of benzene rings is 1. The molecular weight excluding hydrogens is 300 g/mol. The molecule has 1 aromatic heterocycles. The lowest BCUT2D eigenvalue weighted by molar-refractivity contribution is -0.117.